The summed E-state index contributed by atoms with van der Waals surface area (Å²) in [6.45, 7) is 4.02. The lowest BCUT2D eigenvalue weighted by Gasteiger charge is -2.13. The van der Waals surface area contributed by atoms with Crippen molar-refractivity contribution in [1.82, 2.24) is 0 Å². The van der Waals surface area contributed by atoms with Gasteiger partial charge < -0.3 is 9.47 Å². The maximum atomic E-state index is 12.2. The Bertz CT molecular complexity index is 720. The van der Waals surface area contributed by atoms with Crippen molar-refractivity contribution in [3.05, 3.63) is 58.7 Å². The highest BCUT2D eigenvalue weighted by molar-refractivity contribution is 5.69. The Balaban J connectivity index is 1.49. The number of rotatable bonds is 4. The van der Waals surface area contributed by atoms with Crippen molar-refractivity contribution in [3.63, 3.8) is 0 Å². The molecule has 0 N–H and O–H groups in total. The smallest absolute Gasteiger partial charge is 0.394 e. The molecule has 0 aromatic heterocycles. The van der Waals surface area contributed by atoms with Crippen molar-refractivity contribution in [2.45, 2.75) is 51.4 Å². The Morgan fingerprint density at radius 1 is 0.792 bits per heavy atom. The Labute approximate surface area is 142 Å². The van der Waals surface area contributed by atoms with Gasteiger partial charge in [0.15, 0.2) is 0 Å². The minimum Gasteiger partial charge on any atom is -0.394 e. The van der Waals surface area contributed by atoms with Crippen LogP contribution in [0.3, 0.4) is 0 Å². The molecule has 24 heavy (non-hydrogen) atoms. The monoisotopic (exact) mass is 322 g/mol. The zero-order valence-electron chi connectivity index (χ0n) is 14.2. The molecule has 0 saturated heterocycles. The van der Waals surface area contributed by atoms with Gasteiger partial charge in [0.25, 0.3) is 0 Å². The third kappa shape index (κ3) is 3.03. The van der Waals surface area contributed by atoms with Crippen LogP contribution in [0.15, 0.2) is 36.4 Å². The van der Waals surface area contributed by atoms with Crippen LogP contribution in [-0.4, -0.2) is 6.16 Å². The second-order valence-corrected chi connectivity index (χ2v) is 6.94. The van der Waals surface area contributed by atoms with Crippen LogP contribution < -0.4 is 9.47 Å². The van der Waals surface area contributed by atoms with Gasteiger partial charge in [-0.2, -0.15) is 0 Å². The molecule has 0 bridgehead atoms. The van der Waals surface area contributed by atoms with Crippen molar-refractivity contribution in [2.24, 2.45) is 0 Å². The van der Waals surface area contributed by atoms with Gasteiger partial charge in [-0.15, -0.1) is 0 Å². The maximum absolute atomic E-state index is 12.2. The predicted molar refractivity (Wildman–Crippen MR) is 93.0 cm³/mol. The van der Waals surface area contributed by atoms with E-state index in [1.54, 1.807) is 0 Å². The number of carbonyl (C=O) groups is 1. The average molecular weight is 322 g/mol. The number of benzene rings is 2. The van der Waals surface area contributed by atoms with E-state index in [-0.39, 0.29) is 0 Å². The zero-order chi connectivity index (χ0) is 16.7. The van der Waals surface area contributed by atoms with Crippen LogP contribution in [0.25, 0.3) is 0 Å². The zero-order valence-corrected chi connectivity index (χ0v) is 14.2. The first kappa shape index (κ1) is 15.3. The molecule has 2 aliphatic rings. The molecule has 3 heteroatoms. The Hall–Kier alpha value is -2.29. The molecule has 0 radical (unpaired) electrons. The molecular formula is C21H22O3. The van der Waals surface area contributed by atoms with E-state index >= 15 is 0 Å². The molecule has 3 nitrogen and oxygen atoms in total. The SMILES string of the molecule is Cc1c(OC(=O)Oc2cccc(C3CC3)c2C)cccc1C1CC1. The molecule has 0 spiro atoms. The standard InChI is InChI=1S/C21H22O3/c1-13-17(15-9-10-15)5-3-7-19(13)23-21(22)24-20-8-4-6-18(14(20)2)16-11-12-16/h3-8,15-16H,9-12H2,1-2H3. The van der Waals surface area contributed by atoms with E-state index < -0.39 is 6.16 Å². The molecule has 0 aliphatic heterocycles. The lowest BCUT2D eigenvalue weighted by Crippen LogP contribution is -2.15. The summed E-state index contributed by atoms with van der Waals surface area (Å²) in [4.78, 5) is 12.2. The second kappa shape index (κ2) is 5.97. The summed E-state index contributed by atoms with van der Waals surface area (Å²) in [5.41, 5.74) is 4.65. The molecule has 2 aromatic rings. The van der Waals surface area contributed by atoms with E-state index in [1.165, 1.54) is 36.8 Å². The van der Waals surface area contributed by atoms with E-state index in [4.69, 9.17) is 9.47 Å². The van der Waals surface area contributed by atoms with Crippen molar-refractivity contribution < 1.29 is 14.3 Å². The van der Waals surface area contributed by atoms with E-state index in [2.05, 4.69) is 12.1 Å². The van der Waals surface area contributed by atoms with E-state index in [1.807, 2.05) is 38.1 Å². The third-order valence-electron chi connectivity index (χ3n) is 5.07. The maximum Gasteiger partial charge on any atom is 0.519 e. The summed E-state index contributed by atoms with van der Waals surface area (Å²) in [6, 6.07) is 11.8. The second-order valence-electron chi connectivity index (χ2n) is 6.94. The minimum absolute atomic E-state index is 0.598. The first-order chi connectivity index (χ1) is 11.6. The normalized spacial score (nSPS) is 16.8. The molecule has 4 rings (SSSR count). The van der Waals surface area contributed by atoms with Gasteiger partial charge in [0.2, 0.25) is 0 Å². The molecule has 2 fully saturated rings. The van der Waals surface area contributed by atoms with Gasteiger partial charge in [0.1, 0.15) is 11.5 Å². The Kier molecular flexibility index (Phi) is 3.79. The number of ether oxygens (including phenoxy) is 2. The quantitative estimate of drug-likeness (QED) is 0.540. The highest BCUT2D eigenvalue weighted by atomic mass is 16.7. The summed E-state index contributed by atoms with van der Waals surface area (Å²) in [5, 5.41) is 0. The van der Waals surface area contributed by atoms with Crippen LogP contribution in [0, 0.1) is 13.8 Å². The molecule has 2 aliphatic carbocycles. The fourth-order valence-electron chi connectivity index (χ4n) is 3.36. The molecule has 2 aromatic carbocycles. The molecule has 0 amide bonds. The first-order valence-corrected chi connectivity index (χ1v) is 8.72. The van der Waals surface area contributed by atoms with Gasteiger partial charge in [-0.05, 0) is 85.8 Å². The van der Waals surface area contributed by atoms with Gasteiger partial charge in [-0.25, -0.2) is 4.79 Å². The predicted octanol–water partition coefficient (Wildman–Crippen LogP) is 5.64. The topological polar surface area (TPSA) is 35.5 Å². The summed E-state index contributed by atoms with van der Waals surface area (Å²) in [7, 11) is 0. The fourth-order valence-corrected chi connectivity index (χ4v) is 3.36. The highest BCUT2D eigenvalue weighted by Gasteiger charge is 2.28. The lowest BCUT2D eigenvalue weighted by molar-refractivity contribution is 0.151. The van der Waals surface area contributed by atoms with Gasteiger partial charge in [-0.3, -0.25) is 0 Å². The van der Waals surface area contributed by atoms with Gasteiger partial charge in [0, 0.05) is 0 Å². The lowest BCUT2D eigenvalue weighted by atomic mass is 10.0. The van der Waals surface area contributed by atoms with E-state index in [0.29, 0.717) is 23.3 Å². The molecule has 0 atom stereocenters. The summed E-state index contributed by atoms with van der Waals surface area (Å²) >= 11 is 0. The third-order valence-corrected chi connectivity index (χ3v) is 5.07. The summed E-state index contributed by atoms with van der Waals surface area (Å²) in [5.74, 6) is 2.45. The van der Waals surface area contributed by atoms with Crippen LogP contribution in [0.2, 0.25) is 0 Å². The van der Waals surface area contributed by atoms with Gasteiger partial charge in [0.05, 0.1) is 0 Å². The number of carbonyl (C=O) groups excluding carboxylic acids is 1. The molecule has 2 saturated carbocycles. The van der Waals surface area contributed by atoms with Crippen LogP contribution in [-0.2, 0) is 0 Å². The van der Waals surface area contributed by atoms with Crippen molar-refractivity contribution in [1.29, 1.82) is 0 Å². The van der Waals surface area contributed by atoms with Crippen molar-refractivity contribution in [3.8, 4) is 11.5 Å². The fraction of sp³-hybridized carbons (Fsp3) is 0.381. The van der Waals surface area contributed by atoms with Gasteiger partial charge >= 0.3 is 6.16 Å². The van der Waals surface area contributed by atoms with Crippen LogP contribution in [0.4, 0.5) is 4.79 Å². The Morgan fingerprint density at radius 2 is 1.21 bits per heavy atom. The molecule has 0 heterocycles. The van der Waals surface area contributed by atoms with Crippen LogP contribution >= 0.6 is 0 Å². The summed E-state index contributed by atoms with van der Waals surface area (Å²) in [6.07, 6.45) is 4.23. The highest BCUT2D eigenvalue weighted by Crippen LogP contribution is 2.44. The molecular weight excluding hydrogens is 300 g/mol. The van der Waals surface area contributed by atoms with Crippen LogP contribution in [0.1, 0.15) is 59.8 Å². The van der Waals surface area contributed by atoms with Crippen LogP contribution in [0.5, 0.6) is 11.5 Å². The number of hydrogen-bond acceptors (Lipinski definition) is 3. The van der Waals surface area contributed by atoms with Gasteiger partial charge in [-0.1, -0.05) is 24.3 Å². The van der Waals surface area contributed by atoms with E-state index in [9.17, 15) is 4.79 Å². The molecule has 0 unspecified atom stereocenters. The Morgan fingerprint density at radius 3 is 1.58 bits per heavy atom. The minimum atomic E-state index is -0.665. The first-order valence-electron chi connectivity index (χ1n) is 8.72. The largest absolute Gasteiger partial charge is 0.519 e. The summed E-state index contributed by atoms with van der Waals surface area (Å²) < 4.78 is 11.0. The number of hydrogen-bond donors (Lipinski definition) is 0. The molecule has 124 valence electrons. The van der Waals surface area contributed by atoms with Crippen molar-refractivity contribution in [2.75, 3.05) is 0 Å². The average Bonchev–Trinajstić information content (AvgIpc) is 3.45. The van der Waals surface area contributed by atoms with E-state index in [0.717, 1.165) is 11.1 Å². The van der Waals surface area contributed by atoms with Crippen molar-refractivity contribution >= 4 is 6.16 Å².